The van der Waals surface area contributed by atoms with E-state index >= 15 is 0 Å². The smallest absolute Gasteiger partial charge is 0.0143 e. The van der Waals surface area contributed by atoms with Crippen LogP contribution in [0.3, 0.4) is 0 Å². The number of benzene rings is 1. The topological polar surface area (TPSA) is 0 Å². The highest BCUT2D eigenvalue weighted by molar-refractivity contribution is 5.32. The fraction of sp³-hybridized carbons (Fsp3) is 0.538. The quantitative estimate of drug-likeness (QED) is 0.655. The van der Waals surface area contributed by atoms with E-state index in [1.54, 1.807) is 0 Å². The van der Waals surface area contributed by atoms with Crippen LogP contribution in [0.5, 0.6) is 0 Å². The first-order valence-electron chi connectivity index (χ1n) is 5.27. The van der Waals surface area contributed by atoms with Crippen molar-refractivity contribution in [1.29, 1.82) is 0 Å². The summed E-state index contributed by atoms with van der Waals surface area (Å²) in [6.07, 6.45) is 3.97. The second-order valence-corrected chi connectivity index (χ2v) is 4.48. The molecule has 0 saturated heterocycles. The van der Waals surface area contributed by atoms with Gasteiger partial charge >= 0.3 is 0 Å². The van der Waals surface area contributed by atoms with Crippen LogP contribution in [0.1, 0.15) is 43.7 Å². The lowest BCUT2D eigenvalue weighted by Crippen LogP contribution is -1.98. The highest BCUT2D eigenvalue weighted by atomic mass is 14.3. The summed E-state index contributed by atoms with van der Waals surface area (Å²) in [7, 11) is 0. The molecule has 0 spiro atoms. The molecule has 0 heterocycles. The van der Waals surface area contributed by atoms with Crippen molar-refractivity contribution in [3.63, 3.8) is 0 Å². The van der Waals surface area contributed by atoms with Crippen LogP contribution in [0, 0.1) is 12.0 Å². The normalized spacial score (nSPS) is 16.5. The van der Waals surface area contributed by atoms with Crippen molar-refractivity contribution < 1.29 is 0 Å². The molecule has 1 fully saturated rings. The van der Waals surface area contributed by atoms with E-state index in [4.69, 9.17) is 0 Å². The summed E-state index contributed by atoms with van der Waals surface area (Å²) >= 11 is 0. The molecule has 1 aliphatic rings. The minimum absolute atomic E-state index is 0.758. The van der Waals surface area contributed by atoms with Gasteiger partial charge in [-0.05, 0) is 48.3 Å². The van der Waals surface area contributed by atoms with Gasteiger partial charge in [-0.25, -0.2) is 0 Å². The molecule has 1 aromatic rings. The van der Waals surface area contributed by atoms with Gasteiger partial charge in [-0.3, -0.25) is 0 Å². The van der Waals surface area contributed by atoms with Gasteiger partial charge in [-0.1, -0.05) is 32.0 Å². The second kappa shape index (κ2) is 3.53. The minimum atomic E-state index is 0.758. The van der Waals surface area contributed by atoms with Crippen LogP contribution < -0.4 is 0 Å². The lowest BCUT2D eigenvalue weighted by molar-refractivity contribution is 0.642. The molecule has 0 heteroatoms. The van der Waals surface area contributed by atoms with Crippen LogP contribution in [0.25, 0.3) is 0 Å². The second-order valence-electron chi connectivity index (χ2n) is 4.48. The fourth-order valence-electron chi connectivity index (χ4n) is 1.85. The zero-order valence-corrected chi connectivity index (χ0v) is 8.51. The molecule has 1 aliphatic carbocycles. The van der Waals surface area contributed by atoms with E-state index < -0.39 is 0 Å². The van der Waals surface area contributed by atoms with Gasteiger partial charge in [-0.2, -0.15) is 0 Å². The molecule has 1 aromatic carbocycles. The van der Waals surface area contributed by atoms with Crippen LogP contribution in [0.2, 0.25) is 0 Å². The van der Waals surface area contributed by atoms with Crippen molar-refractivity contribution in [1.82, 2.24) is 0 Å². The molecule has 1 saturated carbocycles. The Morgan fingerprint density at radius 3 is 2.85 bits per heavy atom. The molecule has 69 valence electrons. The maximum Gasteiger partial charge on any atom is -0.0143 e. The lowest BCUT2D eigenvalue weighted by atomic mass is 9.96. The van der Waals surface area contributed by atoms with Gasteiger partial charge in [0, 0.05) is 0 Å². The van der Waals surface area contributed by atoms with Gasteiger partial charge < -0.3 is 0 Å². The van der Waals surface area contributed by atoms with E-state index in [1.165, 1.54) is 30.4 Å². The zero-order valence-electron chi connectivity index (χ0n) is 8.51. The molecule has 0 bridgehead atoms. The maximum absolute atomic E-state index is 3.40. The summed E-state index contributed by atoms with van der Waals surface area (Å²) in [5.74, 6) is 1.60. The Hall–Kier alpha value is -0.780. The number of hydrogen-bond donors (Lipinski definition) is 0. The first-order chi connectivity index (χ1) is 6.27. The summed E-state index contributed by atoms with van der Waals surface area (Å²) in [6.45, 7) is 4.56. The van der Waals surface area contributed by atoms with E-state index in [1.807, 2.05) is 0 Å². The molecular formula is C13H17. The van der Waals surface area contributed by atoms with Gasteiger partial charge in [0.2, 0.25) is 0 Å². The summed E-state index contributed by atoms with van der Waals surface area (Å²) in [5, 5.41) is 0. The van der Waals surface area contributed by atoms with Gasteiger partial charge in [0.1, 0.15) is 0 Å². The Balaban J connectivity index is 2.21. The summed E-state index contributed by atoms with van der Waals surface area (Å²) in [5.41, 5.74) is 3.02. The Morgan fingerprint density at radius 2 is 2.23 bits per heavy atom. The molecule has 0 aromatic heterocycles. The molecule has 0 N–H and O–H groups in total. The van der Waals surface area contributed by atoms with Crippen LogP contribution in [0.15, 0.2) is 18.2 Å². The molecule has 0 atom stereocenters. The SMILES string of the molecule is CC(C)Cc1ccc[c]c1C1CC1. The Bertz CT molecular complexity index is 282. The van der Waals surface area contributed by atoms with E-state index in [9.17, 15) is 0 Å². The highest BCUT2D eigenvalue weighted by Crippen LogP contribution is 2.41. The molecule has 0 nitrogen and oxygen atoms in total. The number of hydrogen-bond acceptors (Lipinski definition) is 0. The third-order valence-electron chi connectivity index (χ3n) is 2.59. The maximum atomic E-state index is 3.40. The standard InChI is InChI=1S/C13H17/c1-10(2)9-12-5-3-4-6-13(12)11-7-8-11/h3-5,10-11H,7-9H2,1-2H3. The van der Waals surface area contributed by atoms with Crippen LogP contribution in [-0.4, -0.2) is 0 Å². The average molecular weight is 173 g/mol. The van der Waals surface area contributed by atoms with E-state index in [0.29, 0.717) is 0 Å². The first-order valence-corrected chi connectivity index (χ1v) is 5.27. The van der Waals surface area contributed by atoms with Crippen molar-refractivity contribution in [2.45, 2.75) is 39.0 Å². The zero-order chi connectivity index (χ0) is 9.26. The van der Waals surface area contributed by atoms with E-state index in [2.05, 4.69) is 38.1 Å². The third-order valence-corrected chi connectivity index (χ3v) is 2.59. The Labute approximate surface area is 81.0 Å². The van der Waals surface area contributed by atoms with Gasteiger partial charge in [0.15, 0.2) is 0 Å². The molecule has 1 radical (unpaired) electrons. The monoisotopic (exact) mass is 173 g/mol. The molecule has 0 amide bonds. The van der Waals surface area contributed by atoms with Crippen molar-refractivity contribution in [2.75, 3.05) is 0 Å². The summed E-state index contributed by atoms with van der Waals surface area (Å²) < 4.78 is 0. The molecule has 0 aliphatic heterocycles. The predicted molar refractivity (Wildman–Crippen MR) is 55.8 cm³/mol. The molecule has 13 heavy (non-hydrogen) atoms. The summed E-state index contributed by atoms with van der Waals surface area (Å²) in [6, 6.07) is 9.84. The predicted octanol–water partition coefficient (Wildman–Crippen LogP) is 3.56. The van der Waals surface area contributed by atoms with Crippen LogP contribution >= 0.6 is 0 Å². The third kappa shape index (κ3) is 2.12. The Kier molecular flexibility index (Phi) is 2.39. The first kappa shape index (κ1) is 8.80. The number of rotatable bonds is 3. The largest absolute Gasteiger partial charge is 0.0625 e. The summed E-state index contributed by atoms with van der Waals surface area (Å²) in [4.78, 5) is 0. The van der Waals surface area contributed by atoms with Crippen molar-refractivity contribution in [2.24, 2.45) is 5.92 Å². The van der Waals surface area contributed by atoms with Crippen molar-refractivity contribution in [3.05, 3.63) is 35.4 Å². The van der Waals surface area contributed by atoms with Crippen LogP contribution in [-0.2, 0) is 6.42 Å². The Morgan fingerprint density at radius 1 is 1.46 bits per heavy atom. The van der Waals surface area contributed by atoms with Crippen LogP contribution in [0.4, 0.5) is 0 Å². The van der Waals surface area contributed by atoms with Gasteiger partial charge in [0.05, 0.1) is 0 Å². The van der Waals surface area contributed by atoms with Crippen molar-refractivity contribution in [3.8, 4) is 0 Å². The lowest BCUT2D eigenvalue weighted by Gasteiger charge is -2.09. The van der Waals surface area contributed by atoms with Gasteiger partial charge in [0.25, 0.3) is 0 Å². The minimum Gasteiger partial charge on any atom is -0.0625 e. The average Bonchev–Trinajstić information content (AvgIpc) is 2.87. The molecule has 2 rings (SSSR count). The van der Waals surface area contributed by atoms with Crippen molar-refractivity contribution >= 4 is 0 Å². The highest BCUT2D eigenvalue weighted by Gasteiger charge is 2.25. The van der Waals surface area contributed by atoms with E-state index in [-0.39, 0.29) is 0 Å². The molecule has 0 unspecified atom stereocenters. The molecular weight excluding hydrogens is 156 g/mol. The fourth-order valence-corrected chi connectivity index (χ4v) is 1.85. The van der Waals surface area contributed by atoms with E-state index in [0.717, 1.165) is 11.8 Å². The van der Waals surface area contributed by atoms with Gasteiger partial charge in [-0.15, -0.1) is 0 Å².